The van der Waals surface area contributed by atoms with Crippen LogP contribution in [0.3, 0.4) is 0 Å². The maximum absolute atomic E-state index is 13.7. The van der Waals surface area contributed by atoms with Crippen molar-refractivity contribution in [3.8, 4) is 5.75 Å². The number of halogens is 1. The Labute approximate surface area is 205 Å². The summed E-state index contributed by atoms with van der Waals surface area (Å²) in [5.74, 6) is -11.0. The summed E-state index contributed by atoms with van der Waals surface area (Å²) in [5.41, 5.74) is 3.27. The van der Waals surface area contributed by atoms with Gasteiger partial charge in [0, 0.05) is 11.0 Å². The molecule has 1 aromatic rings. The number of hydrogen-bond acceptors (Lipinski definition) is 9. The van der Waals surface area contributed by atoms with Crippen molar-refractivity contribution in [1.82, 2.24) is 4.90 Å². The van der Waals surface area contributed by atoms with Gasteiger partial charge in [0.05, 0.1) is 24.1 Å². The molecule has 0 radical (unpaired) electrons. The fourth-order valence-corrected chi connectivity index (χ4v) is 6.10. The standard InChI is InChI=1S/C24H25ClN2O8/c1-27(2)18-13-7-10-6-12-9(5-11(25)8-28)3-4-14(29)16(12)19(30)15(10)21(32)24(13,35)22(33)17(20(18)31)23(26)34/h3-5,10,13,15,17-18,28-29,35H,6-8H2,1-2H3,(H2,26,34)/b11-5-/t10?,13?,15?,17?,18?,24-/m0/s1. The lowest BCUT2D eigenvalue weighted by molar-refractivity contribution is -0.181. The Balaban J connectivity index is 1.88. The number of carbonyl (C=O) groups is 5. The van der Waals surface area contributed by atoms with E-state index in [2.05, 4.69) is 0 Å². The molecule has 10 nitrogen and oxygen atoms in total. The fourth-order valence-electron chi connectivity index (χ4n) is 5.98. The Morgan fingerprint density at radius 2 is 1.89 bits per heavy atom. The number of aliphatic hydroxyl groups excluding tert-OH is 1. The van der Waals surface area contributed by atoms with Crippen LogP contribution in [0.5, 0.6) is 5.75 Å². The van der Waals surface area contributed by atoms with Gasteiger partial charge in [-0.05, 0) is 56.1 Å². The Hall–Kier alpha value is -2.92. The molecule has 3 aliphatic carbocycles. The Bertz CT molecular complexity index is 1210. The van der Waals surface area contributed by atoms with Crippen LogP contribution in [0.4, 0.5) is 0 Å². The summed E-state index contributed by atoms with van der Waals surface area (Å²) in [6.07, 6.45) is 1.51. The van der Waals surface area contributed by atoms with Crippen molar-refractivity contribution in [2.75, 3.05) is 20.7 Å². The van der Waals surface area contributed by atoms with Crippen molar-refractivity contribution in [2.24, 2.45) is 29.4 Å². The number of hydrogen-bond donors (Lipinski definition) is 4. The lowest BCUT2D eigenvalue weighted by Gasteiger charge is -2.52. The number of primary amides is 1. The van der Waals surface area contributed by atoms with Gasteiger partial charge in [-0.2, -0.15) is 0 Å². The molecule has 0 aromatic heterocycles. The van der Waals surface area contributed by atoms with Crippen molar-refractivity contribution in [3.63, 3.8) is 0 Å². The number of nitrogens with two attached hydrogens (primary N) is 1. The number of benzene rings is 1. The molecular weight excluding hydrogens is 480 g/mol. The van der Waals surface area contributed by atoms with Crippen molar-refractivity contribution in [3.05, 3.63) is 33.9 Å². The second-order valence-corrected chi connectivity index (χ2v) is 10.1. The van der Waals surface area contributed by atoms with Crippen molar-refractivity contribution in [2.45, 2.75) is 24.5 Å². The smallest absolute Gasteiger partial charge is 0.235 e. The van der Waals surface area contributed by atoms with Crippen LogP contribution in [0.1, 0.15) is 27.9 Å². The molecule has 35 heavy (non-hydrogen) atoms. The number of aromatic hydroxyl groups is 1. The number of phenols is 1. The van der Waals surface area contributed by atoms with Gasteiger partial charge >= 0.3 is 0 Å². The van der Waals surface area contributed by atoms with E-state index in [1.54, 1.807) is 0 Å². The van der Waals surface area contributed by atoms with Gasteiger partial charge in [-0.1, -0.05) is 17.7 Å². The van der Waals surface area contributed by atoms with Gasteiger partial charge in [0.2, 0.25) is 5.91 Å². The third kappa shape index (κ3) is 3.55. The summed E-state index contributed by atoms with van der Waals surface area (Å²) in [6.45, 7) is -0.444. The first-order valence-electron chi connectivity index (χ1n) is 11.0. The molecule has 2 saturated carbocycles. The van der Waals surface area contributed by atoms with Crippen LogP contribution in [0, 0.1) is 23.7 Å². The number of phenolic OH excluding ortho intramolecular Hbond substituents is 1. The van der Waals surface area contributed by atoms with E-state index in [0.29, 0.717) is 11.1 Å². The second-order valence-electron chi connectivity index (χ2n) is 9.57. The summed E-state index contributed by atoms with van der Waals surface area (Å²) in [5, 5.41) is 31.3. The molecule has 186 valence electrons. The molecule has 5 unspecified atom stereocenters. The molecule has 11 heteroatoms. The van der Waals surface area contributed by atoms with Crippen LogP contribution in [0.15, 0.2) is 17.2 Å². The molecule has 0 heterocycles. The van der Waals surface area contributed by atoms with E-state index in [9.17, 15) is 39.3 Å². The van der Waals surface area contributed by atoms with Gasteiger partial charge in [0.1, 0.15) is 5.75 Å². The molecule has 1 amide bonds. The number of ketones is 4. The number of fused-ring (bicyclic) bond motifs is 3. The predicted molar refractivity (Wildman–Crippen MR) is 122 cm³/mol. The summed E-state index contributed by atoms with van der Waals surface area (Å²) in [4.78, 5) is 66.9. The summed E-state index contributed by atoms with van der Waals surface area (Å²) in [6, 6.07) is 1.61. The van der Waals surface area contributed by atoms with E-state index >= 15 is 0 Å². The Kier molecular flexibility index (Phi) is 6.21. The minimum atomic E-state index is -2.76. The molecule has 0 bridgehead atoms. The van der Waals surface area contributed by atoms with Crippen LogP contribution >= 0.6 is 11.6 Å². The lowest BCUT2D eigenvalue weighted by Crippen LogP contribution is -2.74. The Morgan fingerprint density at radius 3 is 2.46 bits per heavy atom. The van der Waals surface area contributed by atoms with Gasteiger partial charge in [0.25, 0.3) is 0 Å². The number of Topliss-reactive ketones (excluding diaryl/α,β-unsaturated/α-hetero) is 4. The average molecular weight is 505 g/mol. The Morgan fingerprint density at radius 1 is 1.23 bits per heavy atom. The number of amides is 1. The molecule has 0 spiro atoms. The van der Waals surface area contributed by atoms with E-state index in [1.165, 1.54) is 37.2 Å². The normalized spacial score (nSPS) is 32.9. The second kappa shape index (κ2) is 8.63. The van der Waals surface area contributed by atoms with Gasteiger partial charge in [-0.3, -0.25) is 28.9 Å². The van der Waals surface area contributed by atoms with Gasteiger partial charge < -0.3 is 21.1 Å². The molecule has 6 atom stereocenters. The average Bonchev–Trinajstić information content (AvgIpc) is 2.77. The van der Waals surface area contributed by atoms with Crippen molar-refractivity contribution < 1.29 is 39.3 Å². The predicted octanol–water partition coefficient (Wildman–Crippen LogP) is -0.561. The van der Waals surface area contributed by atoms with Crippen LogP contribution in [0.2, 0.25) is 0 Å². The summed E-state index contributed by atoms with van der Waals surface area (Å²) >= 11 is 5.97. The highest BCUT2D eigenvalue weighted by molar-refractivity contribution is 6.33. The molecule has 0 aliphatic heterocycles. The maximum atomic E-state index is 13.7. The highest BCUT2D eigenvalue weighted by atomic mass is 35.5. The molecular formula is C24H25ClN2O8. The zero-order valence-electron chi connectivity index (χ0n) is 19.0. The molecule has 4 rings (SSSR count). The first kappa shape index (κ1) is 25.2. The zero-order valence-corrected chi connectivity index (χ0v) is 19.8. The maximum Gasteiger partial charge on any atom is 0.235 e. The largest absolute Gasteiger partial charge is 0.507 e. The summed E-state index contributed by atoms with van der Waals surface area (Å²) < 4.78 is 0. The quantitative estimate of drug-likeness (QED) is 0.391. The van der Waals surface area contributed by atoms with E-state index < -0.39 is 71.0 Å². The third-order valence-corrected chi connectivity index (χ3v) is 7.67. The van der Waals surface area contributed by atoms with Crippen LogP contribution in [-0.4, -0.2) is 81.6 Å². The monoisotopic (exact) mass is 504 g/mol. The molecule has 1 aromatic carbocycles. The number of aliphatic hydroxyl groups is 2. The minimum absolute atomic E-state index is 0.0452. The van der Waals surface area contributed by atoms with E-state index in [-0.39, 0.29) is 29.2 Å². The van der Waals surface area contributed by atoms with E-state index in [1.807, 2.05) is 0 Å². The van der Waals surface area contributed by atoms with Crippen LogP contribution in [-0.2, 0) is 25.6 Å². The van der Waals surface area contributed by atoms with E-state index in [0.717, 1.165) is 0 Å². The topological polar surface area (TPSA) is 175 Å². The van der Waals surface area contributed by atoms with Crippen LogP contribution in [0.25, 0.3) is 6.08 Å². The third-order valence-electron chi connectivity index (χ3n) is 7.44. The van der Waals surface area contributed by atoms with Gasteiger partial charge in [-0.15, -0.1) is 0 Å². The first-order valence-corrected chi connectivity index (χ1v) is 11.4. The number of carbonyl (C=O) groups excluding carboxylic acids is 5. The van der Waals surface area contributed by atoms with Gasteiger partial charge in [0.15, 0.2) is 34.7 Å². The highest BCUT2D eigenvalue weighted by Crippen LogP contribution is 2.51. The number of likely N-dealkylation sites (N-methyl/N-ethyl adjacent to an activating group) is 1. The fraction of sp³-hybridized carbons (Fsp3) is 0.458. The molecule has 5 N–H and O–H groups in total. The molecule has 2 fully saturated rings. The van der Waals surface area contributed by atoms with Crippen molar-refractivity contribution >= 4 is 46.7 Å². The first-order chi connectivity index (χ1) is 16.4. The molecule has 3 aliphatic rings. The number of rotatable bonds is 4. The highest BCUT2D eigenvalue weighted by Gasteiger charge is 2.69. The lowest BCUT2D eigenvalue weighted by atomic mass is 9.52. The number of nitrogens with zero attached hydrogens (tertiary/aromatic N) is 1. The SMILES string of the molecule is CN(C)C1C(=O)C(C(N)=O)C(=O)[C@@]2(O)C(=O)C3C(=O)c4c(O)ccc(/C=C(\Cl)CO)c4CC3CC12. The van der Waals surface area contributed by atoms with Crippen molar-refractivity contribution in [1.29, 1.82) is 0 Å². The van der Waals surface area contributed by atoms with Gasteiger partial charge in [-0.25, -0.2) is 0 Å². The van der Waals surface area contributed by atoms with E-state index in [4.69, 9.17) is 17.3 Å². The van der Waals surface area contributed by atoms with Crippen LogP contribution < -0.4 is 5.73 Å². The minimum Gasteiger partial charge on any atom is -0.507 e. The zero-order chi connectivity index (χ0) is 26.0. The summed E-state index contributed by atoms with van der Waals surface area (Å²) in [7, 11) is 3.04. The molecule has 0 saturated heterocycles.